The molecule has 2 aliphatic heterocycles. The van der Waals surface area contributed by atoms with Crippen molar-refractivity contribution in [2.45, 2.75) is 116 Å². The van der Waals surface area contributed by atoms with E-state index in [-0.39, 0.29) is 21.8 Å². The molecule has 0 unspecified atom stereocenters. The molecule has 0 aliphatic carbocycles. The second-order valence-electron chi connectivity index (χ2n) is 12.9. The molecule has 0 aromatic carbocycles. The van der Waals surface area contributed by atoms with Crippen LogP contribution in [0.1, 0.15) is 61.6 Å². The number of aliphatic hydroxyl groups excluding tert-OH is 1. The lowest BCUT2D eigenvalue weighted by Crippen LogP contribution is -2.48. The average molecular weight is 527 g/mol. The van der Waals surface area contributed by atoms with Gasteiger partial charge >= 0.3 is 11.6 Å². The summed E-state index contributed by atoms with van der Waals surface area (Å²) in [4.78, 5) is 16.9. The summed E-state index contributed by atoms with van der Waals surface area (Å²) in [5.74, 6) is 1.07. The van der Waals surface area contributed by atoms with Crippen LogP contribution in [0.2, 0.25) is 36.3 Å². The van der Waals surface area contributed by atoms with Gasteiger partial charge in [0.2, 0.25) is 0 Å². The van der Waals surface area contributed by atoms with Gasteiger partial charge < -0.3 is 23.4 Å². The Bertz CT molecular complexity index is 989. The summed E-state index contributed by atoms with van der Waals surface area (Å²) < 4.78 is 26.6. The molecule has 200 valence electrons. The fourth-order valence-corrected chi connectivity index (χ4v) is 9.06. The highest BCUT2D eigenvalue weighted by Gasteiger charge is 2.53. The lowest BCUT2D eigenvalue weighted by atomic mass is 9.99. The second-order valence-corrected chi connectivity index (χ2v) is 22.0. The number of rotatable bonds is 9. The SMILES string of the molecule is CC(C)C(C)(C)[Si](C)(C)OC[C@H]1O[C@@H]2[C@@H](Oc3nc(=O)c(O[Si](C)(C)C(C)(C)C(C)C)cn32)[C@@H]1O. The Morgan fingerprint density at radius 3 is 2.14 bits per heavy atom. The first-order valence-corrected chi connectivity index (χ1v) is 18.6. The molecule has 4 atom stereocenters. The Balaban J connectivity index is 1.79. The van der Waals surface area contributed by atoms with Gasteiger partial charge in [-0.05, 0) is 48.1 Å². The Labute approximate surface area is 212 Å². The normalized spacial score (nSPS) is 25.1. The van der Waals surface area contributed by atoms with Crippen LogP contribution < -0.4 is 14.7 Å². The molecule has 1 N–H and O–H groups in total. The van der Waals surface area contributed by atoms with Crippen molar-refractivity contribution in [2.75, 3.05) is 6.61 Å². The minimum Gasteiger partial charge on any atom is -0.539 e. The maximum atomic E-state index is 12.8. The van der Waals surface area contributed by atoms with E-state index in [0.717, 1.165) is 0 Å². The summed E-state index contributed by atoms with van der Waals surface area (Å²) >= 11 is 0. The van der Waals surface area contributed by atoms with Gasteiger partial charge in [-0.1, -0.05) is 55.4 Å². The molecule has 10 heteroatoms. The van der Waals surface area contributed by atoms with E-state index in [2.05, 4.69) is 86.6 Å². The van der Waals surface area contributed by atoms with E-state index in [1.807, 2.05) is 0 Å². The number of hydrogen-bond acceptors (Lipinski definition) is 7. The average Bonchev–Trinajstić information content (AvgIpc) is 3.22. The summed E-state index contributed by atoms with van der Waals surface area (Å²) in [6.07, 6.45) is -1.01. The summed E-state index contributed by atoms with van der Waals surface area (Å²) in [7, 11) is -4.40. The summed E-state index contributed by atoms with van der Waals surface area (Å²) in [5, 5.41) is 11.0. The van der Waals surface area contributed by atoms with Gasteiger partial charge in [0.1, 0.15) is 12.2 Å². The van der Waals surface area contributed by atoms with E-state index in [1.54, 1.807) is 10.8 Å². The van der Waals surface area contributed by atoms with Crippen molar-refractivity contribution < 1.29 is 23.4 Å². The topological polar surface area (TPSA) is 92.0 Å². The minimum absolute atomic E-state index is 0.0609. The molecule has 1 saturated heterocycles. The van der Waals surface area contributed by atoms with Crippen LogP contribution in [-0.4, -0.2) is 56.2 Å². The molecule has 0 bridgehead atoms. The standard InChI is InChI=1S/C25H46N2O6Si2/c1-15(2)24(5,6)34(9,10)30-14-18-19(28)20-22(31-18)27-13-17(21(29)26-23(27)32-20)33-35(11,12)25(7,8)16(3)4/h13,15-16,18-20,22,28H,14H2,1-12H3/t18-,19-,20+,22-/m1/s1. The number of aromatic nitrogens is 2. The first-order chi connectivity index (χ1) is 15.8. The van der Waals surface area contributed by atoms with E-state index < -0.39 is 46.7 Å². The molecule has 1 aromatic heterocycles. The second kappa shape index (κ2) is 9.27. The van der Waals surface area contributed by atoms with Gasteiger partial charge in [-0.15, -0.1) is 0 Å². The molecule has 2 aliphatic rings. The molecular formula is C25H46N2O6Si2. The number of fused-ring (bicyclic) bond motifs is 3. The van der Waals surface area contributed by atoms with E-state index >= 15 is 0 Å². The third-order valence-electron chi connectivity index (χ3n) is 9.68. The van der Waals surface area contributed by atoms with Crippen LogP contribution in [0.25, 0.3) is 0 Å². The van der Waals surface area contributed by atoms with Crippen molar-refractivity contribution in [1.29, 1.82) is 0 Å². The molecule has 3 heterocycles. The molecular weight excluding hydrogens is 480 g/mol. The molecule has 0 saturated carbocycles. The Morgan fingerprint density at radius 1 is 1.06 bits per heavy atom. The molecule has 0 amide bonds. The summed E-state index contributed by atoms with van der Waals surface area (Å²) in [6, 6.07) is 0.147. The molecule has 8 nitrogen and oxygen atoms in total. The van der Waals surface area contributed by atoms with Crippen LogP contribution in [0.15, 0.2) is 11.0 Å². The van der Waals surface area contributed by atoms with Crippen molar-refractivity contribution >= 4 is 16.6 Å². The summed E-state index contributed by atoms with van der Waals surface area (Å²) in [5.41, 5.74) is -0.464. The van der Waals surface area contributed by atoms with E-state index in [0.29, 0.717) is 18.4 Å². The fourth-order valence-electron chi connectivity index (χ4n) is 4.38. The maximum Gasteiger partial charge on any atom is 0.316 e. The Kier molecular flexibility index (Phi) is 7.51. The van der Waals surface area contributed by atoms with Gasteiger partial charge in [-0.3, -0.25) is 9.36 Å². The van der Waals surface area contributed by atoms with Crippen molar-refractivity contribution in [3.05, 3.63) is 16.6 Å². The van der Waals surface area contributed by atoms with E-state index in [1.165, 1.54) is 0 Å². The van der Waals surface area contributed by atoms with Gasteiger partial charge in [0.15, 0.2) is 26.4 Å². The van der Waals surface area contributed by atoms with Crippen LogP contribution in [0.3, 0.4) is 0 Å². The predicted molar refractivity (Wildman–Crippen MR) is 142 cm³/mol. The zero-order valence-electron chi connectivity index (χ0n) is 23.6. The highest BCUT2D eigenvalue weighted by atomic mass is 28.4. The van der Waals surface area contributed by atoms with E-state index in [4.69, 9.17) is 18.3 Å². The number of hydrogen-bond donors (Lipinski definition) is 1. The van der Waals surface area contributed by atoms with Crippen molar-refractivity contribution in [3.8, 4) is 11.8 Å². The molecule has 0 spiro atoms. The Hall–Kier alpha value is -1.21. The monoisotopic (exact) mass is 526 g/mol. The number of aliphatic hydroxyl groups is 1. The minimum atomic E-state index is -2.32. The van der Waals surface area contributed by atoms with Crippen LogP contribution >= 0.6 is 0 Å². The van der Waals surface area contributed by atoms with E-state index in [9.17, 15) is 9.90 Å². The fraction of sp³-hybridized carbons (Fsp3) is 0.840. The van der Waals surface area contributed by atoms with Gasteiger partial charge in [-0.25, -0.2) is 0 Å². The molecule has 1 fully saturated rings. The van der Waals surface area contributed by atoms with Gasteiger partial charge in [0.25, 0.3) is 8.32 Å². The maximum absolute atomic E-state index is 12.8. The highest BCUT2D eigenvalue weighted by Crippen LogP contribution is 2.47. The lowest BCUT2D eigenvalue weighted by Gasteiger charge is -2.43. The van der Waals surface area contributed by atoms with Crippen LogP contribution in [-0.2, 0) is 9.16 Å². The number of ether oxygens (including phenoxy) is 2. The lowest BCUT2D eigenvalue weighted by molar-refractivity contribution is -0.0412. The molecule has 3 rings (SSSR count). The zero-order chi connectivity index (χ0) is 26.7. The largest absolute Gasteiger partial charge is 0.539 e. The zero-order valence-corrected chi connectivity index (χ0v) is 25.6. The third kappa shape index (κ3) is 4.88. The predicted octanol–water partition coefficient (Wildman–Crippen LogP) is 4.94. The van der Waals surface area contributed by atoms with Crippen molar-refractivity contribution in [1.82, 2.24) is 9.55 Å². The molecule has 35 heavy (non-hydrogen) atoms. The first kappa shape index (κ1) is 28.4. The van der Waals surface area contributed by atoms with Gasteiger partial charge in [-0.2, -0.15) is 4.98 Å². The van der Waals surface area contributed by atoms with Gasteiger partial charge in [0, 0.05) is 0 Å². The number of nitrogens with zero attached hydrogens (tertiary/aromatic N) is 2. The summed E-state index contributed by atoms with van der Waals surface area (Å²) in [6.45, 7) is 26.6. The smallest absolute Gasteiger partial charge is 0.316 e. The quantitative estimate of drug-likeness (QED) is 0.456. The van der Waals surface area contributed by atoms with Crippen LogP contribution in [0.5, 0.6) is 11.8 Å². The van der Waals surface area contributed by atoms with Gasteiger partial charge in [0.05, 0.1) is 12.8 Å². The highest BCUT2D eigenvalue weighted by molar-refractivity contribution is 6.75. The molecule has 0 radical (unpaired) electrons. The first-order valence-electron chi connectivity index (χ1n) is 12.8. The van der Waals surface area contributed by atoms with Crippen molar-refractivity contribution in [2.24, 2.45) is 11.8 Å². The van der Waals surface area contributed by atoms with Crippen LogP contribution in [0, 0.1) is 11.8 Å². The van der Waals surface area contributed by atoms with Crippen molar-refractivity contribution in [3.63, 3.8) is 0 Å². The third-order valence-corrected chi connectivity index (χ3v) is 18.7. The molecule has 1 aromatic rings. The van der Waals surface area contributed by atoms with Crippen LogP contribution in [0.4, 0.5) is 0 Å². The Morgan fingerprint density at radius 2 is 1.60 bits per heavy atom.